The van der Waals surface area contributed by atoms with E-state index in [1.165, 1.54) is 27.7 Å². The van der Waals surface area contributed by atoms with Gasteiger partial charge >= 0.3 is 0 Å². The lowest BCUT2D eigenvalue weighted by molar-refractivity contribution is -0.115. The Morgan fingerprint density at radius 3 is 0.667 bits per heavy atom. The van der Waals surface area contributed by atoms with E-state index in [0.717, 1.165) is 0 Å². The van der Waals surface area contributed by atoms with E-state index in [4.69, 9.17) is 0 Å². The Balaban J connectivity index is -0.0000000114. The van der Waals surface area contributed by atoms with Crippen LogP contribution in [0.5, 0.6) is 0 Å². The second-order valence-corrected chi connectivity index (χ2v) is 2.22. The molecule has 0 saturated carbocycles. The molecular weight excluding hydrogens is 192 g/mol. The van der Waals surface area contributed by atoms with Crippen LogP contribution in [-0.2, 0) is 14.3 Å². The molecule has 0 rings (SSSR count). The second-order valence-electron chi connectivity index (χ2n) is 2.22. The number of hydrogen-bond donors (Lipinski definition) is 0. The highest BCUT2D eigenvalue weighted by Gasteiger charge is 1.62. The van der Waals surface area contributed by atoms with E-state index < -0.39 is 0 Å². The van der Waals surface area contributed by atoms with Crippen LogP contribution >= 0.6 is 0 Å². The minimum atomic E-state index is 0. The van der Waals surface area contributed by atoms with E-state index in [0.29, 0.717) is 0 Å². The number of ketones is 2. The van der Waals surface area contributed by atoms with Crippen LogP contribution in [0.15, 0.2) is 0 Å². The van der Waals surface area contributed by atoms with E-state index in [9.17, 15) is 9.59 Å². The molecular formula is C12H34O3. The summed E-state index contributed by atoms with van der Waals surface area (Å²) in [6.45, 7) is 6.11. The Morgan fingerprint density at radius 1 is 0.667 bits per heavy atom. The van der Waals surface area contributed by atoms with Crippen molar-refractivity contribution in [3.05, 3.63) is 0 Å². The maximum atomic E-state index is 9.44. The van der Waals surface area contributed by atoms with Gasteiger partial charge in [0.15, 0.2) is 0 Å². The Hall–Kier alpha value is -0.700. The molecule has 3 nitrogen and oxygen atoms in total. The monoisotopic (exact) mass is 226 g/mol. The largest absolute Gasteiger partial charge is 0.388 e. The predicted octanol–water partition coefficient (Wildman–Crippen LogP) is 4.00. The molecule has 0 aliphatic rings. The zero-order valence-electron chi connectivity index (χ0n) is 8.22. The van der Waals surface area contributed by atoms with E-state index in [1.54, 1.807) is 14.2 Å². The third-order valence-electron chi connectivity index (χ3n) is 0. The summed E-state index contributed by atoms with van der Waals surface area (Å²) >= 11 is 0. The molecule has 3 heteroatoms. The average molecular weight is 226 g/mol. The van der Waals surface area contributed by atoms with Crippen molar-refractivity contribution >= 4 is 11.6 Å². The zero-order valence-corrected chi connectivity index (χ0v) is 8.22. The van der Waals surface area contributed by atoms with Crippen molar-refractivity contribution in [3.8, 4) is 0 Å². The first-order valence-electron chi connectivity index (χ1n) is 3.22. The molecule has 0 amide bonds. The van der Waals surface area contributed by atoms with Gasteiger partial charge in [0.25, 0.3) is 0 Å². The molecule has 0 aliphatic carbocycles. The van der Waals surface area contributed by atoms with E-state index in [1.807, 2.05) is 0 Å². The summed E-state index contributed by atoms with van der Waals surface area (Å²) in [6.07, 6.45) is 0. The van der Waals surface area contributed by atoms with Gasteiger partial charge in [0, 0.05) is 14.2 Å². The molecule has 15 heavy (non-hydrogen) atoms. The molecule has 0 N–H and O–H groups in total. The van der Waals surface area contributed by atoms with Crippen LogP contribution in [0.3, 0.4) is 0 Å². The molecule has 0 aliphatic heterocycles. The van der Waals surface area contributed by atoms with Crippen LogP contribution in [0, 0.1) is 0 Å². The smallest absolute Gasteiger partial charge is 0.126 e. The third kappa shape index (κ3) is 3470. The van der Waals surface area contributed by atoms with Crippen LogP contribution in [0.1, 0.15) is 57.4 Å². The van der Waals surface area contributed by atoms with Gasteiger partial charge < -0.3 is 14.3 Å². The number of hydrogen-bond acceptors (Lipinski definition) is 3. The van der Waals surface area contributed by atoms with Gasteiger partial charge in [-0.3, -0.25) is 0 Å². The maximum Gasteiger partial charge on any atom is 0.126 e. The summed E-state index contributed by atoms with van der Waals surface area (Å²) in [4.78, 5) is 18.9. The lowest BCUT2D eigenvalue weighted by atomic mass is 10.6. The summed E-state index contributed by atoms with van der Waals surface area (Å²) in [5.74, 6) is 0.333. The van der Waals surface area contributed by atoms with Gasteiger partial charge in [-0.25, -0.2) is 0 Å². The van der Waals surface area contributed by atoms with Gasteiger partial charge in [0.05, 0.1) is 0 Å². The quantitative estimate of drug-likeness (QED) is 0.627. The Kier molecular flexibility index (Phi) is 160. The van der Waals surface area contributed by atoms with Gasteiger partial charge in [0.2, 0.25) is 0 Å². The highest BCUT2D eigenvalue weighted by Crippen LogP contribution is 1.50. The van der Waals surface area contributed by atoms with E-state index in [-0.39, 0.29) is 41.3 Å². The first kappa shape index (κ1) is 47.5. The normalized spacial score (nSPS) is 4.67. The molecule has 0 aromatic heterocycles. The topological polar surface area (TPSA) is 43.4 Å². The van der Waals surface area contributed by atoms with Crippen LogP contribution < -0.4 is 0 Å². The first-order valence-corrected chi connectivity index (χ1v) is 3.22. The molecule has 0 unspecified atom stereocenters. The number of carbonyl (C=O) groups is 2. The average Bonchev–Trinajstić information content (AvgIpc) is 1.60. The molecule has 0 fully saturated rings. The number of methoxy groups -OCH3 is 1. The molecule has 100 valence electrons. The lowest BCUT2D eigenvalue weighted by Crippen LogP contribution is -1.69. The second kappa shape index (κ2) is 50.7. The molecule has 0 aromatic carbocycles. The fraction of sp³-hybridized carbons (Fsp3) is 0.833. The number of ether oxygens (including phenoxy) is 1. The van der Waals surface area contributed by atoms with Crippen molar-refractivity contribution in [2.45, 2.75) is 57.4 Å². The van der Waals surface area contributed by atoms with Gasteiger partial charge in [-0.2, -0.15) is 0 Å². The predicted molar refractivity (Wildman–Crippen MR) is 72.6 cm³/mol. The fourth-order valence-corrected chi connectivity index (χ4v) is 0. The van der Waals surface area contributed by atoms with Crippen molar-refractivity contribution in [3.63, 3.8) is 0 Å². The molecule has 0 heterocycles. The molecule has 0 spiro atoms. The molecule has 0 atom stereocenters. The number of carbonyl (C=O) groups excluding carboxylic acids is 2. The molecule has 0 radical (unpaired) electrons. The van der Waals surface area contributed by atoms with Crippen molar-refractivity contribution < 1.29 is 14.3 Å². The lowest BCUT2D eigenvalue weighted by Gasteiger charge is -1.61. The molecule has 0 bridgehead atoms. The standard InChI is InChI=1S/2C3H6O.C2H6O.4CH4/c2*1-3(2)4;1-3-2;;;;/h2*1-2H3;1-2H3;4*1H4. The van der Waals surface area contributed by atoms with Crippen molar-refractivity contribution in [1.82, 2.24) is 0 Å². The van der Waals surface area contributed by atoms with Gasteiger partial charge in [-0.05, 0) is 27.7 Å². The zero-order chi connectivity index (χ0) is 9.86. The van der Waals surface area contributed by atoms with Crippen LogP contribution in [-0.4, -0.2) is 25.8 Å². The summed E-state index contributed by atoms with van der Waals surface area (Å²) in [5, 5.41) is 0. The Bertz CT molecular complexity index is 79.0. The van der Waals surface area contributed by atoms with E-state index in [2.05, 4.69) is 4.74 Å². The van der Waals surface area contributed by atoms with Gasteiger partial charge in [0.1, 0.15) is 11.6 Å². The third-order valence-corrected chi connectivity index (χ3v) is 0. The summed E-state index contributed by atoms with van der Waals surface area (Å²) in [6, 6.07) is 0. The highest BCUT2D eigenvalue weighted by atomic mass is 16.4. The summed E-state index contributed by atoms with van der Waals surface area (Å²) in [5.41, 5.74) is 0. The maximum absolute atomic E-state index is 9.44. The SMILES string of the molecule is C.C.C.C.CC(C)=O.CC(C)=O.COC. The Labute approximate surface area is 98.2 Å². The van der Waals surface area contributed by atoms with Crippen LogP contribution in [0.2, 0.25) is 0 Å². The highest BCUT2D eigenvalue weighted by molar-refractivity contribution is 5.72. The summed E-state index contributed by atoms with van der Waals surface area (Å²) in [7, 11) is 3.25. The van der Waals surface area contributed by atoms with Crippen LogP contribution in [0.25, 0.3) is 0 Å². The number of rotatable bonds is 0. The molecule has 0 saturated heterocycles. The molecule has 0 aromatic rings. The van der Waals surface area contributed by atoms with E-state index >= 15 is 0 Å². The fourth-order valence-electron chi connectivity index (χ4n) is 0. The van der Waals surface area contributed by atoms with Crippen molar-refractivity contribution in [1.29, 1.82) is 0 Å². The minimum absolute atomic E-state index is 0. The van der Waals surface area contributed by atoms with Gasteiger partial charge in [-0.1, -0.05) is 29.7 Å². The van der Waals surface area contributed by atoms with Crippen LogP contribution in [0.4, 0.5) is 0 Å². The van der Waals surface area contributed by atoms with Crippen molar-refractivity contribution in [2.75, 3.05) is 14.2 Å². The first-order chi connectivity index (χ1) is 4.88. The summed E-state index contributed by atoms with van der Waals surface area (Å²) < 4.78 is 4.25. The van der Waals surface area contributed by atoms with Crippen molar-refractivity contribution in [2.24, 2.45) is 0 Å². The minimum Gasteiger partial charge on any atom is -0.388 e. The van der Waals surface area contributed by atoms with Gasteiger partial charge in [-0.15, -0.1) is 0 Å². The number of Topliss-reactive ketones (excluding diaryl/α,β-unsaturated/α-hetero) is 2. The Morgan fingerprint density at radius 2 is 0.667 bits per heavy atom.